The molecule has 0 heterocycles. The van der Waals surface area contributed by atoms with Crippen molar-refractivity contribution in [2.75, 3.05) is 0 Å². The average Bonchev–Trinajstić information content (AvgIpc) is 1.80. The van der Waals surface area contributed by atoms with Crippen LogP contribution < -0.4 is 0 Å². The van der Waals surface area contributed by atoms with Crippen LogP contribution in [0, 0.1) is 0 Å². The second-order valence-electron chi connectivity index (χ2n) is 2.85. The molecule has 0 unspecified atom stereocenters. The quantitative estimate of drug-likeness (QED) is 0.564. The Labute approximate surface area is 64.6 Å². The van der Waals surface area contributed by atoms with E-state index < -0.39 is 11.0 Å². The van der Waals surface area contributed by atoms with E-state index in [0.717, 1.165) is 0 Å². The molecular weight excluding hydrogens is 146 g/mol. The van der Waals surface area contributed by atoms with Crippen molar-refractivity contribution in [3.05, 3.63) is 12.7 Å². The van der Waals surface area contributed by atoms with Gasteiger partial charge in [0.25, 0.3) is 0 Å². The van der Waals surface area contributed by atoms with Gasteiger partial charge in [0.05, 0.1) is 4.75 Å². The molecule has 0 aromatic heterocycles. The Morgan fingerprint density at radius 1 is 1.50 bits per heavy atom. The number of hydrogen-bond donors (Lipinski definition) is 0. The van der Waals surface area contributed by atoms with Crippen LogP contribution in [0.3, 0.4) is 0 Å². The maximum Gasteiger partial charge on any atom is 0.144 e. The molecule has 58 valence electrons. The Bertz CT molecular complexity index is 167. The van der Waals surface area contributed by atoms with Crippen LogP contribution in [-0.4, -0.2) is 15.2 Å². The highest BCUT2D eigenvalue weighted by molar-refractivity contribution is 7.85. The van der Waals surface area contributed by atoms with Gasteiger partial charge in [-0.15, -0.1) is 0 Å². The molecule has 1 atom stereocenters. The lowest BCUT2D eigenvalue weighted by atomic mass is 10.3. The van der Waals surface area contributed by atoms with Gasteiger partial charge in [0.15, 0.2) is 0 Å². The van der Waals surface area contributed by atoms with Crippen molar-refractivity contribution in [2.45, 2.75) is 25.5 Å². The van der Waals surface area contributed by atoms with Gasteiger partial charge in [-0.3, -0.25) is 0 Å². The summed E-state index contributed by atoms with van der Waals surface area (Å²) in [7, 11) is -1.14. The second-order valence-corrected chi connectivity index (χ2v) is 4.79. The first kappa shape index (κ1) is 9.56. The lowest BCUT2D eigenvalue weighted by Crippen LogP contribution is -2.19. The molecule has 0 aliphatic carbocycles. The fraction of sp³-hybridized carbons (Fsp3) is 0.571. The third-order valence-corrected chi connectivity index (χ3v) is 2.15. The Morgan fingerprint density at radius 2 is 2.00 bits per heavy atom. The molecule has 0 fully saturated rings. The van der Waals surface area contributed by atoms with Crippen LogP contribution in [0.4, 0.5) is 0 Å². The van der Waals surface area contributed by atoms with Crippen molar-refractivity contribution < 1.29 is 4.21 Å². The summed E-state index contributed by atoms with van der Waals surface area (Å²) in [6, 6.07) is 0. The Balaban J connectivity index is 4.11. The van der Waals surface area contributed by atoms with Gasteiger partial charge in [0.1, 0.15) is 11.0 Å². The van der Waals surface area contributed by atoms with Crippen molar-refractivity contribution in [1.82, 2.24) is 0 Å². The predicted molar refractivity (Wildman–Crippen MR) is 46.6 cm³/mol. The molecule has 3 heteroatoms. The molecule has 0 aliphatic rings. The molecule has 0 saturated carbocycles. The largest absolute Gasteiger partial charge is 0.234 e. The van der Waals surface area contributed by atoms with E-state index in [0.29, 0.717) is 0 Å². The standard InChI is InChI=1S/C7H13NOS/c1-5-6-8-10(9)7(2,3)4/h5-6H,1H2,2-4H3/t10-/m1/s1. The zero-order chi connectivity index (χ0) is 8.20. The smallest absolute Gasteiger partial charge is 0.144 e. The highest BCUT2D eigenvalue weighted by Gasteiger charge is 2.17. The fourth-order valence-electron chi connectivity index (χ4n) is 0.256. The summed E-state index contributed by atoms with van der Waals surface area (Å²) in [4.78, 5) is 0. The zero-order valence-corrected chi connectivity index (χ0v) is 7.44. The number of rotatable bonds is 2. The molecule has 0 N–H and O–H groups in total. The van der Waals surface area contributed by atoms with Crippen molar-refractivity contribution in [3.8, 4) is 0 Å². The molecule has 0 aromatic carbocycles. The van der Waals surface area contributed by atoms with Crippen LogP contribution in [0.2, 0.25) is 0 Å². The molecule has 0 bridgehead atoms. The van der Waals surface area contributed by atoms with Gasteiger partial charge >= 0.3 is 0 Å². The minimum absolute atomic E-state index is 0.264. The van der Waals surface area contributed by atoms with Gasteiger partial charge in [-0.2, -0.15) is 4.40 Å². The lowest BCUT2D eigenvalue weighted by molar-refractivity contribution is 0.651. The third-order valence-electron chi connectivity index (χ3n) is 0.786. The van der Waals surface area contributed by atoms with E-state index in [-0.39, 0.29) is 4.75 Å². The van der Waals surface area contributed by atoms with E-state index in [1.165, 1.54) is 12.3 Å². The van der Waals surface area contributed by atoms with E-state index in [1.54, 1.807) is 0 Å². The molecule has 0 aromatic rings. The van der Waals surface area contributed by atoms with E-state index in [4.69, 9.17) is 0 Å². The highest BCUT2D eigenvalue weighted by Crippen LogP contribution is 2.11. The molecule has 2 nitrogen and oxygen atoms in total. The third kappa shape index (κ3) is 3.56. The molecule has 0 rings (SSSR count). The summed E-state index contributed by atoms with van der Waals surface area (Å²) in [5.74, 6) is 0. The first-order chi connectivity index (χ1) is 4.48. The number of allylic oxidation sites excluding steroid dienone is 1. The first-order valence-corrected chi connectivity index (χ1v) is 4.16. The van der Waals surface area contributed by atoms with Crippen molar-refractivity contribution >= 4 is 17.2 Å². The lowest BCUT2D eigenvalue weighted by Gasteiger charge is -2.12. The van der Waals surface area contributed by atoms with Crippen LogP contribution in [0.1, 0.15) is 20.8 Å². The predicted octanol–water partition coefficient (Wildman–Crippen LogP) is 1.71. The van der Waals surface area contributed by atoms with Gasteiger partial charge in [0.2, 0.25) is 0 Å². The van der Waals surface area contributed by atoms with Crippen molar-refractivity contribution in [1.29, 1.82) is 0 Å². The molecule has 10 heavy (non-hydrogen) atoms. The van der Waals surface area contributed by atoms with Crippen molar-refractivity contribution in [2.24, 2.45) is 4.40 Å². The van der Waals surface area contributed by atoms with Crippen LogP contribution >= 0.6 is 0 Å². The highest BCUT2D eigenvalue weighted by atomic mass is 32.2. The normalized spacial score (nSPS) is 15.5. The Hall–Kier alpha value is -0.440. The molecule has 0 aliphatic heterocycles. The summed E-state index contributed by atoms with van der Waals surface area (Å²) in [6.45, 7) is 9.07. The van der Waals surface area contributed by atoms with E-state index >= 15 is 0 Å². The van der Waals surface area contributed by atoms with Crippen LogP contribution in [0.25, 0.3) is 0 Å². The molecule has 0 amide bonds. The summed E-state index contributed by atoms with van der Waals surface area (Å²) >= 11 is 0. The van der Waals surface area contributed by atoms with Gasteiger partial charge in [-0.05, 0) is 20.8 Å². The Morgan fingerprint density at radius 3 is 2.30 bits per heavy atom. The van der Waals surface area contributed by atoms with Crippen molar-refractivity contribution in [3.63, 3.8) is 0 Å². The summed E-state index contributed by atoms with van der Waals surface area (Å²) in [6.07, 6.45) is 2.98. The second kappa shape index (κ2) is 3.66. The SMILES string of the molecule is C=CC=N[S@](=O)C(C)(C)C. The van der Waals surface area contributed by atoms with Gasteiger partial charge in [0, 0.05) is 6.21 Å². The monoisotopic (exact) mass is 159 g/mol. The summed E-state index contributed by atoms with van der Waals surface area (Å²) in [5.41, 5.74) is 0. The molecule has 0 saturated heterocycles. The Kier molecular flexibility index (Phi) is 3.50. The van der Waals surface area contributed by atoms with Gasteiger partial charge in [-0.25, -0.2) is 4.21 Å². The number of hydrogen-bond acceptors (Lipinski definition) is 1. The van der Waals surface area contributed by atoms with E-state index in [9.17, 15) is 4.21 Å². The minimum atomic E-state index is -1.14. The summed E-state index contributed by atoms with van der Waals surface area (Å²) in [5, 5.41) is 0. The maximum absolute atomic E-state index is 11.1. The summed E-state index contributed by atoms with van der Waals surface area (Å²) < 4.78 is 14.6. The molecular formula is C7H13NOS. The average molecular weight is 159 g/mol. The van der Waals surface area contributed by atoms with Crippen LogP contribution in [0.15, 0.2) is 17.1 Å². The molecule has 0 radical (unpaired) electrons. The van der Waals surface area contributed by atoms with Gasteiger partial charge < -0.3 is 0 Å². The molecule has 0 spiro atoms. The van der Waals surface area contributed by atoms with E-state index in [2.05, 4.69) is 11.0 Å². The zero-order valence-electron chi connectivity index (χ0n) is 6.63. The fourth-order valence-corrected chi connectivity index (χ4v) is 0.769. The van der Waals surface area contributed by atoms with Crippen LogP contribution in [-0.2, 0) is 11.0 Å². The van der Waals surface area contributed by atoms with Crippen LogP contribution in [0.5, 0.6) is 0 Å². The first-order valence-electron chi connectivity index (χ1n) is 3.05. The maximum atomic E-state index is 11.1. The number of nitrogens with zero attached hydrogens (tertiary/aromatic N) is 1. The van der Waals surface area contributed by atoms with Gasteiger partial charge in [-0.1, -0.05) is 12.7 Å². The van der Waals surface area contributed by atoms with E-state index in [1.807, 2.05) is 20.8 Å². The minimum Gasteiger partial charge on any atom is -0.234 e. The topological polar surface area (TPSA) is 29.4 Å².